The van der Waals surface area contributed by atoms with Crippen molar-refractivity contribution in [1.82, 2.24) is 4.98 Å². The molecule has 1 rings (SSSR count). The average Bonchev–Trinajstić information content (AvgIpc) is 2.47. The molecule has 0 atom stereocenters. The molecule has 5 heteroatoms. The summed E-state index contributed by atoms with van der Waals surface area (Å²) in [6, 6.07) is 0. The average molecular weight is 190 g/mol. The number of alkyl halides is 2. The maximum Gasteiger partial charge on any atom is 0.303 e. The van der Waals surface area contributed by atoms with Crippen LogP contribution in [0.1, 0.15) is 25.0 Å². The summed E-state index contributed by atoms with van der Waals surface area (Å²) in [6.07, 6.45) is 2.26. The van der Waals surface area contributed by atoms with Crippen LogP contribution < -0.4 is 5.73 Å². The summed E-state index contributed by atoms with van der Waals surface area (Å²) in [5.41, 5.74) is 5.25. The zero-order valence-corrected chi connectivity index (χ0v) is 7.39. The molecular formula is C8H12F2N2O. The lowest BCUT2D eigenvalue weighted by atomic mass is 10.3. The summed E-state index contributed by atoms with van der Waals surface area (Å²) in [5.74, 6) is -3.02. The number of rotatable bonds is 4. The predicted molar refractivity (Wildman–Crippen MR) is 43.4 cm³/mol. The molecule has 0 saturated heterocycles. The molecule has 3 nitrogen and oxygen atoms in total. The van der Waals surface area contributed by atoms with Crippen LogP contribution in [0.2, 0.25) is 0 Å². The van der Waals surface area contributed by atoms with Crippen molar-refractivity contribution in [2.45, 2.75) is 25.7 Å². The van der Waals surface area contributed by atoms with Gasteiger partial charge >= 0.3 is 5.92 Å². The smallest absolute Gasteiger partial charge is 0.303 e. The molecule has 13 heavy (non-hydrogen) atoms. The zero-order valence-electron chi connectivity index (χ0n) is 7.39. The quantitative estimate of drug-likeness (QED) is 0.785. The van der Waals surface area contributed by atoms with E-state index in [9.17, 15) is 8.78 Å². The lowest BCUT2D eigenvalue weighted by Crippen LogP contribution is -2.04. The molecule has 1 aromatic heterocycles. The molecule has 1 heterocycles. The SMILES string of the molecule is CC(F)(F)c1cnc(CCCN)o1. The molecule has 0 aliphatic rings. The normalized spacial score (nSPS) is 12.0. The summed E-state index contributed by atoms with van der Waals surface area (Å²) in [6.45, 7) is 1.28. The summed E-state index contributed by atoms with van der Waals surface area (Å²) < 4.78 is 30.1. The second kappa shape index (κ2) is 3.83. The van der Waals surface area contributed by atoms with Crippen LogP contribution >= 0.6 is 0 Å². The third-order valence-corrected chi connectivity index (χ3v) is 1.58. The Bertz CT molecular complexity index is 267. The first-order valence-corrected chi connectivity index (χ1v) is 4.07. The largest absolute Gasteiger partial charge is 0.439 e. The minimum absolute atomic E-state index is 0.321. The van der Waals surface area contributed by atoms with E-state index in [1.165, 1.54) is 0 Å². The summed E-state index contributed by atoms with van der Waals surface area (Å²) >= 11 is 0. The Labute approximate surface area is 74.9 Å². The third kappa shape index (κ3) is 2.77. The Morgan fingerprint density at radius 2 is 2.31 bits per heavy atom. The molecule has 0 aliphatic carbocycles. The minimum atomic E-state index is -2.95. The van der Waals surface area contributed by atoms with Gasteiger partial charge in [0.2, 0.25) is 0 Å². The number of aryl methyl sites for hydroxylation is 1. The first-order chi connectivity index (χ1) is 6.04. The van der Waals surface area contributed by atoms with Crippen LogP contribution in [0.25, 0.3) is 0 Å². The Kier molecular flexibility index (Phi) is 2.98. The number of nitrogens with two attached hydrogens (primary N) is 1. The van der Waals surface area contributed by atoms with Gasteiger partial charge in [0.15, 0.2) is 11.7 Å². The van der Waals surface area contributed by atoms with Crippen LogP contribution in [0.5, 0.6) is 0 Å². The molecule has 0 aliphatic heterocycles. The number of hydrogen-bond acceptors (Lipinski definition) is 3. The Balaban J connectivity index is 2.64. The van der Waals surface area contributed by atoms with E-state index in [0.717, 1.165) is 13.1 Å². The summed E-state index contributed by atoms with van der Waals surface area (Å²) in [7, 11) is 0. The van der Waals surface area contributed by atoms with E-state index in [1.807, 2.05) is 0 Å². The van der Waals surface area contributed by atoms with Gasteiger partial charge in [0.1, 0.15) is 0 Å². The van der Waals surface area contributed by atoms with Crippen LogP contribution in [0.15, 0.2) is 10.6 Å². The van der Waals surface area contributed by atoms with Crippen molar-refractivity contribution in [2.24, 2.45) is 5.73 Å². The molecule has 0 amide bonds. The highest BCUT2D eigenvalue weighted by atomic mass is 19.3. The van der Waals surface area contributed by atoms with Gasteiger partial charge in [-0.2, -0.15) is 8.78 Å². The van der Waals surface area contributed by atoms with Gasteiger partial charge in [0.05, 0.1) is 6.20 Å². The lowest BCUT2D eigenvalue weighted by molar-refractivity contribution is -0.00625. The van der Waals surface area contributed by atoms with Crippen LogP contribution in [0.3, 0.4) is 0 Å². The Hall–Kier alpha value is -0.970. The van der Waals surface area contributed by atoms with E-state index in [-0.39, 0.29) is 5.76 Å². The third-order valence-electron chi connectivity index (χ3n) is 1.58. The Morgan fingerprint density at radius 1 is 1.62 bits per heavy atom. The van der Waals surface area contributed by atoms with Crippen LogP contribution in [-0.2, 0) is 12.3 Å². The topological polar surface area (TPSA) is 52.0 Å². The fourth-order valence-corrected chi connectivity index (χ4v) is 0.882. The summed E-state index contributed by atoms with van der Waals surface area (Å²) in [5, 5.41) is 0. The molecular weight excluding hydrogens is 178 g/mol. The fourth-order valence-electron chi connectivity index (χ4n) is 0.882. The molecule has 0 radical (unpaired) electrons. The Morgan fingerprint density at radius 3 is 2.77 bits per heavy atom. The van der Waals surface area contributed by atoms with Gasteiger partial charge in [0, 0.05) is 13.3 Å². The molecule has 0 fully saturated rings. The first-order valence-electron chi connectivity index (χ1n) is 4.07. The summed E-state index contributed by atoms with van der Waals surface area (Å²) in [4.78, 5) is 3.72. The number of oxazole rings is 1. The maximum atomic E-state index is 12.6. The highest BCUT2D eigenvalue weighted by Crippen LogP contribution is 2.27. The van der Waals surface area contributed by atoms with Crippen molar-refractivity contribution < 1.29 is 13.2 Å². The first kappa shape index (κ1) is 10.1. The van der Waals surface area contributed by atoms with E-state index in [1.54, 1.807) is 0 Å². The van der Waals surface area contributed by atoms with E-state index in [4.69, 9.17) is 10.2 Å². The number of aromatic nitrogens is 1. The molecule has 0 bridgehead atoms. The molecule has 0 aromatic carbocycles. The van der Waals surface area contributed by atoms with E-state index in [0.29, 0.717) is 25.3 Å². The number of hydrogen-bond donors (Lipinski definition) is 1. The van der Waals surface area contributed by atoms with E-state index >= 15 is 0 Å². The minimum Gasteiger partial charge on any atom is -0.439 e. The van der Waals surface area contributed by atoms with Gasteiger partial charge < -0.3 is 10.2 Å². The monoisotopic (exact) mass is 190 g/mol. The van der Waals surface area contributed by atoms with Crippen LogP contribution in [-0.4, -0.2) is 11.5 Å². The fraction of sp³-hybridized carbons (Fsp3) is 0.625. The van der Waals surface area contributed by atoms with Gasteiger partial charge in [-0.25, -0.2) is 4.98 Å². The van der Waals surface area contributed by atoms with Crippen molar-refractivity contribution >= 4 is 0 Å². The van der Waals surface area contributed by atoms with Gasteiger partial charge in [-0.1, -0.05) is 0 Å². The second-order valence-electron chi connectivity index (χ2n) is 2.90. The molecule has 0 unspecified atom stereocenters. The standard InChI is InChI=1S/C8H12F2N2O/c1-8(9,10)6-5-12-7(13-6)3-2-4-11/h5H,2-4,11H2,1H3. The lowest BCUT2D eigenvalue weighted by Gasteiger charge is -2.03. The maximum absolute atomic E-state index is 12.6. The van der Waals surface area contributed by atoms with Crippen molar-refractivity contribution in [3.8, 4) is 0 Å². The molecule has 0 spiro atoms. The number of nitrogens with zero attached hydrogens (tertiary/aromatic N) is 1. The molecule has 74 valence electrons. The molecule has 0 saturated carbocycles. The van der Waals surface area contributed by atoms with Gasteiger partial charge in [-0.15, -0.1) is 0 Å². The van der Waals surface area contributed by atoms with Crippen LogP contribution in [0, 0.1) is 0 Å². The van der Waals surface area contributed by atoms with E-state index < -0.39 is 5.92 Å². The zero-order chi connectivity index (χ0) is 9.90. The van der Waals surface area contributed by atoms with Crippen molar-refractivity contribution in [2.75, 3.05) is 6.54 Å². The highest BCUT2D eigenvalue weighted by molar-refractivity contribution is 5.00. The molecule has 2 N–H and O–H groups in total. The van der Waals surface area contributed by atoms with Crippen molar-refractivity contribution in [3.05, 3.63) is 17.8 Å². The van der Waals surface area contributed by atoms with Crippen LogP contribution in [0.4, 0.5) is 8.78 Å². The predicted octanol–water partition coefficient (Wildman–Crippen LogP) is 1.68. The van der Waals surface area contributed by atoms with Gasteiger partial charge in [-0.05, 0) is 13.0 Å². The highest BCUT2D eigenvalue weighted by Gasteiger charge is 2.29. The van der Waals surface area contributed by atoms with Crippen molar-refractivity contribution in [1.29, 1.82) is 0 Å². The van der Waals surface area contributed by atoms with Gasteiger partial charge in [-0.3, -0.25) is 0 Å². The van der Waals surface area contributed by atoms with Gasteiger partial charge in [0.25, 0.3) is 0 Å². The van der Waals surface area contributed by atoms with E-state index in [2.05, 4.69) is 4.98 Å². The van der Waals surface area contributed by atoms with Crippen molar-refractivity contribution in [3.63, 3.8) is 0 Å². The molecule has 1 aromatic rings. The number of halogens is 2. The second-order valence-corrected chi connectivity index (χ2v) is 2.90.